The van der Waals surface area contributed by atoms with Crippen molar-refractivity contribution in [3.8, 4) is 0 Å². The third kappa shape index (κ3) is 4.17. The van der Waals surface area contributed by atoms with Crippen LogP contribution in [0.1, 0.15) is 44.5 Å². The normalized spacial score (nSPS) is 22.5. The molecular formula is C14H23NO2. The minimum Gasteiger partial charge on any atom is -0.467 e. The van der Waals surface area contributed by atoms with Crippen LogP contribution in [-0.4, -0.2) is 19.7 Å². The highest BCUT2D eigenvalue weighted by atomic mass is 16.5. The summed E-state index contributed by atoms with van der Waals surface area (Å²) in [5.74, 6) is 1.77. The lowest BCUT2D eigenvalue weighted by Gasteiger charge is -2.22. The van der Waals surface area contributed by atoms with E-state index in [1.807, 2.05) is 19.1 Å². The Labute approximate surface area is 104 Å². The van der Waals surface area contributed by atoms with Crippen LogP contribution < -0.4 is 5.32 Å². The second-order valence-electron chi connectivity index (χ2n) is 4.88. The van der Waals surface area contributed by atoms with Crippen LogP contribution in [0.4, 0.5) is 0 Å². The molecule has 0 aromatic carbocycles. The summed E-state index contributed by atoms with van der Waals surface area (Å²) >= 11 is 0. The van der Waals surface area contributed by atoms with Crippen LogP contribution >= 0.6 is 0 Å². The SMILES string of the molecule is C[C@@H](OCCC[C@@H]1CCCNC1)c1ccco1. The quantitative estimate of drug-likeness (QED) is 0.772. The molecule has 1 aromatic rings. The highest BCUT2D eigenvalue weighted by Crippen LogP contribution is 2.19. The number of rotatable bonds is 6. The molecule has 1 aliphatic heterocycles. The molecule has 0 radical (unpaired) electrons. The van der Waals surface area contributed by atoms with Gasteiger partial charge in [-0.05, 0) is 63.7 Å². The average Bonchev–Trinajstić information content (AvgIpc) is 2.89. The predicted octanol–water partition coefficient (Wildman–Crippen LogP) is 3.14. The Morgan fingerprint density at radius 3 is 3.24 bits per heavy atom. The molecule has 96 valence electrons. The third-order valence-electron chi connectivity index (χ3n) is 3.47. The molecule has 0 amide bonds. The molecule has 0 aliphatic carbocycles. The second-order valence-corrected chi connectivity index (χ2v) is 4.88. The first-order valence-electron chi connectivity index (χ1n) is 6.72. The molecule has 17 heavy (non-hydrogen) atoms. The smallest absolute Gasteiger partial charge is 0.132 e. The minimum atomic E-state index is 0.0782. The Kier molecular flexibility index (Phi) is 5.08. The van der Waals surface area contributed by atoms with Gasteiger partial charge < -0.3 is 14.5 Å². The molecule has 0 saturated carbocycles. The van der Waals surface area contributed by atoms with E-state index in [1.165, 1.54) is 32.4 Å². The molecule has 0 spiro atoms. The zero-order valence-electron chi connectivity index (χ0n) is 10.7. The molecule has 1 N–H and O–H groups in total. The fourth-order valence-electron chi connectivity index (χ4n) is 2.41. The molecule has 0 unspecified atom stereocenters. The summed E-state index contributed by atoms with van der Waals surface area (Å²) in [5, 5.41) is 3.45. The average molecular weight is 237 g/mol. The molecule has 1 aromatic heterocycles. The van der Waals surface area contributed by atoms with E-state index < -0.39 is 0 Å². The van der Waals surface area contributed by atoms with Crippen molar-refractivity contribution in [1.82, 2.24) is 5.32 Å². The van der Waals surface area contributed by atoms with Gasteiger partial charge in [-0.15, -0.1) is 0 Å². The van der Waals surface area contributed by atoms with E-state index >= 15 is 0 Å². The van der Waals surface area contributed by atoms with Crippen molar-refractivity contribution in [3.05, 3.63) is 24.2 Å². The van der Waals surface area contributed by atoms with Crippen LogP contribution in [0, 0.1) is 5.92 Å². The summed E-state index contributed by atoms with van der Waals surface area (Å²) in [4.78, 5) is 0. The largest absolute Gasteiger partial charge is 0.467 e. The van der Waals surface area contributed by atoms with Crippen molar-refractivity contribution >= 4 is 0 Å². The van der Waals surface area contributed by atoms with Crippen LogP contribution in [0.2, 0.25) is 0 Å². The molecule has 0 bridgehead atoms. The maximum absolute atomic E-state index is 5.76. The molecule has 1 fully saturated rings. The Balaban J connectivity index is 1.56. The van der Waals surface area contributed by atoms with Crippen molar-refractivity contribution < 1.29 is 9.15 Å². The van der Waals surface area contributed by atoms with Gasteiger partial charge in [0.15, 0.2) is 0 Å². The Morgan fingerprint density at radius 2 is 2.53 bits per heavy atom. The van der Waals surface area contributed by atoms with Gasteiger partial charge in [-0.25, -0.2) is 0 Å². The maximum Gasteiger partial charge on any atom is 0.132 e. The van der Waals surface area contributed by atoms with Gasteiger partial charge >= 0.3 is 0 Å². The van der Waals surface area contributed by atoms with E-state index in [2.05, 4.69) is 5.32 Å². The highest BCUT2D eigenvalue weighted by Gasteiger charge is 2.13. The summed E-state index contributed by atoms with van der Waals surface area (Å²) in [7, 11) is 0. The van der Waals surface area contributed by atoms with Gasteiger partial charge in [-0.2, -0.15) is 0 Å². The maximum atomic E-state index is 5.76. The lowest BCUT2D eigenvalue weighted by Crippen LogP contribution is -2.29. The van der Waals surface area contributed by atoms with E-state index in [-0.39, 0.29) is 6.10 Å². The van der Waals surface area contributed by atoms with E-state index in [4.69, 9.17) is 9.15 Å². The van der Waals surface area contributed by atoms with Gasteiger partial charge in [-0.1, -0.05) is 0 Å². The highest BCUT2D eigenvalue weighted by molar-refractivity contribution is 5.00. The third-order valence-corrected chi connectivity index (χ3v) is 3.47. The topological polar surface area (TPSA) is 34.4 Å². The van der Waals surface area contributed by atoms with Crippen molar-refractivity contribution in [2.75, 3.05) is 19.7 Å². The number of nitrogens with one attached hydrogen (secondary N) is 1. The van der Waals surface area contributed by atoms with Crippen molar-refractivity contribution in [3.63, 3.8) is 0 Å². The molecule has 1 aliphatic rings. The van der Waals surface area contributed by atoms with Gasteiger partial charge in [0.1, 0.15) is 11.9 Å². The first-order valence-corrected chi connectivity index (χ1v) is 6.72. The molecular weight excluding hydrogens is 214 g/mol. The predicted molar refractivity (Wildman–Crippen MR) is 67.9 cm³/mol. The Bertz CT molecular complexity index is 291. The summed E-state index contributed by atoms with van der Waals surface area (Å²) < 4.78 is 11.1. The number of furan rings is 1. The first-order chi connectivity index (χ1) is 8.36. The lowest BCUT2D eigenvalue weighted by molar-refractivity contribution is 0.0459. The summed E-state index contributed by atoms with van der Waals surface area (Å²) in [5.41, 5.74) is 0. The summed E-state index contributed by atoms with van der Waals surface area (Å²) in [6.07, 6.45) is 6.90. The fraction of sp³-hybridized carbons (Fsp3) is 0.714. The Hall–Kier alpha value is -0.800. The molecule has 2 atom stereocenters. The molecule has 3 heteroatoms. The number of hydrogen-bond acceptors (Lipinski definition) is 3. The summed E-state index contributed by atoms with van der Waals surface area (Å²) in [6.45, 7) is 5.26. The van der Waals surface area contributed by atoms with Crippen molar-refractivity contribution in [1.29, 1.82) is 0 Å². The number of piperidine rings is 1. The second kappa shape index (κ2) is 6.82. The van der Waals surface area contributed by atoms with Gasteiger partial charge in [0, 0.05) is 6.61 Å². The summed E-state index contributed by atoms with van der Waals surface area (Å²) in [6, 6.07) is 3.87. The van der Waals surface area contributed by atoms with Crippen molar-refractivity contribution in [2.24, 2.45) is 5.92 Å². The number of hydrogen-bond donors (Lipinski definition) is 1. The zero-order valence-corrected chi connectivity index (χ0v) is 10.7. The minimum absolute atomic E-state index is 0.0782. The van der Waals surface area contributed by atoms with Gasteiger partial charge in [-0.3, -0.25) is 0 Å². The van der Waals surface area contributed by atoms with Crippen LogP contribution in [0.25, 0.3) is 0 Å². The molecule has 3 nitrogen and oxygen atoms in total. The van der Waals surface area contributed by atoms with Crippen LogP contribution in [-0.2, 0) is 4.74 Å². The van der Waals surface area contributed by atoms with Crippen molar-refractivity contribution in [2.45, 2.75) is 38.7 Å². The van der Waals surface area contributed by atoms with Gasteiger partial charge in [0.05, 0.1) is 6.26 Å². The molecule has 2 rings (SSSR count). The van der Waals surface area contributed by atoms with Crippen LogP contribution in [0.3, 0.4) is 0 Å². The van der Waals surface area contributed by atoms with Gasteiger partial charge in [0.25, 0.3) is 0 Å². The molecule has 1 saturated heterocycles. The van der Waals surface area contributed by atoms with E-state index in [0.29, 0.717) is 0 Å². The standard InChI is InChI=1S/C14H23NO2/c1-12(14-7-4-10-17-14)16-9-3-6-13-5-2-8-15-11-13/h4,7,10,12-13,15H,2-3,5-6,8-9,11H2,1H3/t12-,13+/m1/s1. The monoisotopic (exact) mass is 237 g/mol. The van der Waals surface area contributed by atoms with Gasteiger partial charge in [0.2, 0.25) is 0 Å². The fourth-order valence-corrected chi connectivity index (χ4v) is 2.41. The van der Waals surface area contributed by atoms with E-state index in [9.17, 15) is 0 Å². The van der Waals surface area contributed by atoms with E-state index in [0.717, 1.165) is 24.7 Å². The zero-order chi connectivity index (χ0) is 11.9. The van der Waals surface area contributed by atoms with Crippen LogP contribution in [0.15, 0.2) is 22.8 Å². The van der Waals surface area contributed by atoms with E-state index in [1.54, 1.807) is 6.26 Å². The lowest BCUT2D eigenvalue weighted by atomic mass is 9.95. The Morgan fingerprint density at radius 1 is 1.59 bits per heavy atom. The first kappa shape index (κ1) is 12.7. The number of ether oxygens (including phenoxy) is 1. The van der Waals surface area contributed by atoms with Crippen LogP contribution in [0.5, 0.6) is 0 Å². The molecule has 2 heterocycles.